The van der Waals surface area contributed by atoms with Gasteiger partial charge in [-0.05, 0) is 52.2 Å². The lowest BCUT2D eigenvalue weighted by atomic mass is 9.77. The van der Waals surface area contributed by atoms with Crippen molar-refractivity contribution < 1.29 is 29.0 Å². The van der Waals surface area contributed by atoms with Crippen LogP contribution in [0.25, 0.3) is 0 Å². The molecule has 28 heavy (non-hydrogen) atoms. The molecule has 0 amide bonds. The molecular formula is C22H30O6. The number of allylic oxidation sites excluding steroid dienone is 1. The first-order valence-corrected chi connectivity index (χ1v) is 9.34. The van der Waals surface area contributed by atoms with Crippen molar-refractivity contribution in [1.82, 2.24) is 0 Å². The van der Waals surface area contributed by atoms with E-state index in [0.717, 1.165) is 5.56 Å². The van der Waals surface area contributed by atoms with Crippen LogP contribution in [-0.4, -0.2) is 35.0 Å². The van der Waals surface area contributed by atoms with Gasteiger partial charge in [0.05, 0.1) is 11.5 Å². The molecule has 1 N–H and O–H groups in total. The van der Waals surface area contributed by atoms with Crippen molar-refractivity contribution >= 4 is 17.7 Å². The Morgan fingerprint density at radius 3 is 2.18 bits per heavy atom. The van der Waals surface area contributed by atoms with Gasteiger partial charge in [0.1, 0.15) is 12.7 Å². The lowest BCUT2D eigenvalue weighted by Crippen LogP contribution is -2.44. The van der Waals surface area contributed by atoms with E-state index in [1.807, 2.05) is 30.3 Å². The van der Waals surface area contributed by atoms with Crippen molar-refractivity contribution in [2.75, 3.05) is 0 Å². The first-order valence-electron chi connectivity index (χ1n) is 9.34. The van der Waals surface area contributed by atoms with Gasteiger partial charge in [-0.1, -0.05) is 37.3 Å². The molecule has 0 aromatic heterocycles. The highest BCUT2D eigenvalue weighted by Gasteiger charge is 2.42. The SMILES string of the molecule is CC[C@H](OC(=O)OCc1ccccc1)C(C)(C)C(=O)C(=O)/C(C)=C(\C)[C@H](C)O. The Morgan fingerprint density at radius 1 is 1.11 bits per heavy atom. The molecule has 0 fully saturated rings. The summed E-state index contributed by atoms with van der Waals surface area (Å²) >= 11 is 0. The van der Waals surface area contributed by atoms with E-state index in [1.54, 1.807) is 27.7 Å². The van der Waals surface area contributed by atoms with Crippen LogP contribution in [0, 0.1) is 5.41 Å². The highest BCUT2D eigenvalue weighted by Crippen LogP contribution is 2.29. The molecule has 154 valence electrons. The molecule has 0 bridgehead atoms. The zero-order chi connectivity index (χ0) is 21.5. The van der Waals surface area contributed by atoms with Gasteiger partial charge in [0.15, 0.2) is 0 Å². The fourth-order valence-electron chi connectivity index (χ4n) is 2.71. The van der Waals surface area contributed by atoms with Crippen LogP contribution in [-0.2, 0) is 25.7 Å². The van der Waals surface area contributed by atoms with Gasteiger partial charge >= 0.3 is 6.16 Å². The Hall–Kier alpha value is -2.47. The number of Topliss-reactive ketones (excluding diaryl/α,β-unsaturated/α-hetero) is 2. The summed E-state index contributed by atoms with van der Waals surface area (Å²) in [6.45, 7) is 9.59. The van der Waals surface area contributed by atoms with Crippen LogP contribution in [0.3, 0.4) is 0 Å². The highest BCUT2D eigenvalue weighted by atomic mass is 16.7. The zero-order valence-corrected chi connectivity index (χ0v) is 17.4. The summed E-state index contributed by atoms with van der Waals surface area (Å²) in [6.07, 6.45) is -2.21. The molecule has 0 unspecified atom stereocenters. The average Bonchev–Trinajstić information content (AvgIpc) is 2.68. The second-order valence-electron chi connectivity index (χ2n) is 7.40. The third kappa shape index (κ3) is 6.02. The van der Waals surface area contributed by atoms with Crippen molar-refractivity contribution in [3.05, 3.63) is 47.0 Å². The van der Waals surface area contributed by atoms with E-state index in [1.165, 1.54) is 13.8 Å². The molecule has 0 heterocycles. The number of benzene rings is 1. The summed E-state index contributed by atoms with van der Waals surface area (Å²) < 4.78 is 10.5. The van der Waals surface area contributed by atoms with Gasteiger partial charge in [-0.2, -0.15) is 0 Å². The van der Waals surface area contributed by atoms with Crippen LogP contribution in [0.4, 0.5) is 4.79 Å². The monoisotopic (exact) mass is 390 g/mol. The van der Waals surface area contributed by atoms with E-state index in [2.05, 4.69) is 0 Å². The second-order valence-corrected chi connectivity index (χ2v) is 7.40. The standard InChI is InChI=1S/C22H30O6/c1-7-18(28-21(26)27-13-17-11-9-8-10-12-17)22(5,6)20(25)19(24)15(3)14(2)16(4)23/h8-12,16,18,23H,7,13H2,1-6H3/b15-14+/t16-,18-/m0/s1. The number of carbonyl (C=O) groups excluding carboxylic acids is 3. The third-order valence-corrected chi connectivity index (χ3v) is 4.96. The number of hydrogen-bond donors (Lipinski definition) is 1. The van der Waals surface area contributed by atoms with Crippen LogP contribution in [0.5, 0.6) is 0 Å². The molecule has 0 saturated heterocycles. The van der Waals surface area contributed by atoms with Gasteiger partial charge in [0.2, 0.25) is 11.6 Å². The summed E-state index contributed by atoms with van der Waals surface area (Å²) in [5.41, 5.74) is 0.213. The number of ether oxygens (including phenoxy) is 2. The summed E-state index contributed by atoms with van der Waals surface area (Å²) in [6, 6.07) is 9.15. The van der Waals surface area contributed by atoms with Crippen LogP contribution in [0.2, 0.25) is 0 Å². The zero-order valence-electron chi connectivity index (χ0n) is 17.4. The van der Waals surface area contributed by atoms with Crippen molar-refractivity contribution in [3.8, 4) is 0 Å². The minimum Gasteiger partial charge on any atom is -0.430 e. The lowest BCUT2D eigenvalue weighted by molar-refractivity contribution is -0.144. The van der Waals surface area contributed by atoms with Gasteiger partial charge in [-0.15, -0.1) is 0 Å². The normalized spacial score (nSPS) is 14.5. The number of rotatable bonds is 9. The van der Waals surface area contributed by atoms with Crippen molar-refractivity contribution in [1.29, 1.82) is 0 Å². The smallest absolute Gasteiger partial charge is 0.430 e. The molecule has 2 atom stereocenters. The van der Waals surface area contributed by atoms with E-state index in [9.17, 15) is 19.5 Å². The number of hydrogen-bond acceptors (Lipinski definition) is 6. The first kappa shape index (κ1) is 23.6. The Kier molecular flexibility index (Phi) is 8.57. The quantitative estimate of drug-likeness (QED) is 0.389. The summed E-state index contributed by atoms with van der Waals surface area (Å²) in [4.78, 5) is 37.4. The van der Waals surface area contributed by atoms with E-state index < -0.39 is 35.3 Å². The minimum absolute atomic E-state index is 0.0544. The molecule has 0 spiro atoms. The average molecular weight is 390 g/mol. The van der Waals surface area contributed by atoms with Crippen molar-refractivity contribution in [2.45, 2.75) is 66.8 Å². The van der Waals surface area contributed by atoms with Gasteiger partial charge in [0, 0.05) is 5.57 Å². The van der Waals surface area contributed by atoms with E-state index >= 15 is 0 Å². The molecule has 1 aromatic carbocycles. The molecular weight excluding hydrogens is 360 g/mol. The van der Waals surface area contributed by atoms with Crippen LogP contribution in [0.15, 0.2) is 41.5 Å². The molecule has 0 aliphatic rings. The molecule has 1 aromatic rings. The van der Waals surface area contributed by atoms with Crippen LogP contribution in [0.1, 0.15) is 53.5 Å². The second kappa shape index (κ2) is 10.2. The molecule has 0 saturated carbocycles. The predicted molar refractivity (Wildman–Crippen MR) is 106 cm³/mol. The Morgan fingerprint density at radius 2 is 1.68 bits per heavy atom. The fraction of sp³-hybridized carbons (Fsp3) is 0.500. The van der Waals surface area contributed by atoms with Crippen molar-refractivity contribution in [2.24, 2.45) is 5.41 Å². The molecule has 0 aliphatic carbocycles. The largest absolute Gasteiger partial charge is 0.508 e. The Balaban J connectivity index is 2.84. The van der Waals surface area contributed by atoms with Crippen molar-refractivity contribution in [3.63, 3.8) is 0 Å². The Bertz CT molecular complexity index is 731. The first-order chi connectivity index (χ1) is 13.0. The molecule has 0 radical (unpaired) electrons. The fourth-order valence-corrected chi connectivity index (χ4v) is 2.71. The maximum atomic E-state index is 12.8. The van der Waals surface area contributed by atoms with Gasteiger partial charge < -0.3 is 14.6 Å². The van der Waals surface area contributed by atoms with Gasteiger partial charge in [-0.25, -0.2) is 4.79 Å². The number of ketones is 2. The molecule has 0 aliphatic heterocycles. The van der Waals surface area contributed by atoms with E-state index in [4.69, 9.17) is 9.47 Å². The van der Waals surface area contributed by atoms with E-state index in [-0.39, 0.29) is 12.2 Å². The van der Waals surface area contributed by atoms with Crippen LogP contribution >= 0.6 is 0 Å². The lowest BCUT2D eigenvalue weighted by Gasteiger charge is -2.31. The van der Waals surface area contributed by atoms with Gasteiger partial charge in [-0.3, -0.25) is 9.59 Å². The molecule has 1 rings (SSSR count). The van der Waals surface area contributed by atoms with Gasteiger partial charge in [0.25, 0.3) is 0 Å². The molecule has 6 nitrogen and oxygen atoms in total. The van der Waals surface area contributed by atoms with E-state index in [0.29, 0.717) is 12.0 Å². The summed E-state index contributed by atoms with van der Waals surface area (Å²) in [7, 11) is 0. The number of aliphatic hydroxyl groups is 1. The topological polar surface area (TPSA) is 89.9 Å². The maximum absolute atomic E-state index is 12.8. The van der Waals surface area contributed by atoms with Crippen LogP contribution < -0.4 is 0 Å². The summed E-state index contributed by atoms with van der Waals surface area (Å²) in [5, 5.41) is 9.64. The molecule has 6 heteroatoms. The summed E-state index contributed by atoms with van der Waals surface area (Å²) in [5.74, 6) is -1.36. The number of aliphatic hydroxyl groups excluding tert-OH is 1. The highest BCUT2D eigenvalue weighted by molar-refractivity contribution is 6.45. The predicted octanol–water partition coefficient (Wildman–Crippen LogP) is 4.00. The minimum atomic E-state index is -1.24. The number of carbonyl (C=O) groups is 3. The third-order valence-electron chi connectivity index (χ3n) is 4.96. The maximum Gasteiger partial charge on any atom is 0.508 e. The Labute approximate surface area is 166 Å².